The number of ketones is 1. The predicted molar refractivity (Wildman–Crippen MR) is 102 cm³/mol. The number of amides is 1. The molecule has 0 aliphatic carbocycles. The Balaban J connectivity index is 1.44. The molecular formula is C22H15F3N2O3. The highest BCUT2D eigenvalue weighted by molar-refractivity contribution is 5.99. The van der Waals surface area contributed by atoms with Gasteiger partial charge in [-0.2, -0.15) is 0 Å². The van der Waals surface area contributed by atoms with Gasteiger partial charge in [-0.05, 0) is 47.9 Å². The van der Waals surface area contributed by atoms with Gasteiger partial charge >= 0.3 is 6.36 Å². The fourth-order valence-corrected chi connectivity index (χ4v) is 3.35. The van der Waals surface area contributed by atoms with E-state index in [9.17, 15) is 22.8 Å². The summed E-state index contributed by atoms with van der Waals surface area (Å²) in [5.74, 6) is -0.585. The average molecular weight is 412 g/mol. The molecule has 0 saturated heterocycles. The number of carbonyl (C=O) groups excluding carboxylic acids is 2. The molecular weight excluding hydrogens is 397 g/mol. The first kappa shape index (κ1) is 19.6. The molecule has 1 N–H and O–H groups in total. The first-order valence-corrected chi connectivity index (χ1v) is 9.11. The lowest BCUT2D eigenvalue weighted by Crippen LogP contribution is -2.31. The Hall–Kier alpha value is -3.73. The van der Waals surface area contributed by atoms with Crippen molar-refractivity contribution in [3.63, 3.8) is 0 Å². The summed E-state index contributed by atoms with van der Waals surface area (Å²) in [7, 11) is 0. The van der Waals surface area contributed by atoms with Crippen LogP contribution in [0, 0.1) is 12.3 Å². The molecule has 4 rings (SSSR count). The van der Waals surface area contributed by atoms with Crippen molar-refractivity contribution in [3.8, 4) is 16.9 Å². The molecule has 0 radical (unpaired) electrons. The van der Waals surface area contributed by atoms with Gasteiger partial charge in [-0.3, -0.25) is 14.2 Å². The number of fused-ring (bicyclic) bond motifs is 1. The standard InChI is InChI=1S/C22H15F3N2O3/c23-22(24,25)30-17-9-5-15(6-10-17)14-3-7-16(8-4-14)26-21(29)19-11-12-20(28)18-2-1-13-27(18)19/h2-10,19H,11-12H2,(H,26,29). The maximum atomic E-state index is 12.7. The number of nitrogens with zero attached hydrogens (tertiary/aromatic N) is 1. The van der Waals surface area contributed by atoms with Crippen molar-refractivity contribution in [1.82, 2.24) is 4.57 Å². The lowest BCUT2D eigenvalue weighted by atomic mass is 10.0. The Bertz CT molecular complexity index is 1070. The van der Waals surface area contributed by atoms with E-state index >= 15 is 0 Å². The molecule has 30 heavy (non-hydrogen) atoms. The van der Waals surface area contributed by atoms with Gasteiger partial charge in [-0.15, -0.1) is 13.2 Å². The van der Waals surface area contributed by atoms with Crippen LogP contribution >= 0.6 is 0 Å². The van der Waals surface area contributed by atoms with Gasteiger partial charge in [0.2, 0.25) is 5.91 Å². The van der Waals surface area contributed by atoms with Crippen LogP contribution < -0.4 is 10.1 Å². The maximum absolute atomic E-state index is 12.7. The van der Waals surface area contributed by atoms with Gasteiger partial charge in [0.15, 0.2) is 5.78 Å². The van der Waals surface area contributed by atoms with E-state index in [0.717, 1.165) is 5.56 Å². The molecule has 0 bridgehead atoms. The smallest absolute Gasteiger partial charge is 0.406 e. The highest BCUT2D eigenvalue weighted by Crippen LogP contribution is 2.28. The fraction of sp³-hybridized carbons (Fsp3) is 0.182. The third-order valence-corrected chi connectivity index (χ3v) is 4.77. The molecule has 152 valence electrons. The van der Waals surface area contributed by atoms with Crippen molar-refractivity contribution >= 4 is 17.4 Å². The lowest BCUT2D eigenvalue weighted by Gasteiger charge is -2.23. The number of carbonyl (C=O) groups is 2. The summed E-state index contributed by atoms with van der Waals surface area (Å²) in [6.07, 6.45) is -1.27. The van der Waals surface area contributed by atoms with Crippen molar-refractivity contribution < 1.29 is 27.5 Å². The van der Waals surface area contributed by atoms with E-state index in [-0.39, 0.29) is 23.9 Å². The van der Waals surface area contributed by atoms with Crippen LogP contribution in [-0.4, -0.2) is 22.6 Å². The largest absolute Gasteiger partial charge is 0.573 e. The fourth-order valence-electron chi connectivity index (χ4n) is 3.35. The van der Waals surface area contributed by atoms with Gasteiger partial charge in [0.1, 0.15) is 17.5 Å². The second kappa shape index (κ2) is 7.59. The van der Waals surface area contributed by atoms with E-state index in [1.807, 2.05) is 0 Å². The quantitative estimate of drug-likeness (QED) is 0.669. The Morgan fingerprint density at radius 2 is 1.70 bits per heavy atom. The summed E-state index contributed by atoms with van der Waals surface area (Å²) >= 11 is 0. The van der Waals surface area contributed by atoms with E-state index in [1.54, 1.807) is 24.3 Å². The summed E-state index contributed by atoms with van der Waals surface area (Å²) in [6, 6.07) is 16.1. The second-order valence-electron chi connectivity index (χ2n) is 6.77. The average Bonchev–Trinajstić information content (AvgIpc) is 3.19. The van der Waals surface area contributed by atoms with Crippen molar-refractivity contribution in [2.75, 3.05) is 5.32 Å². The topological polar surface area (TPSA) is 60.3 Å². The van der Waals surface area contributed by atoms with Gasteiger partial charge in [-0.1, -0.05) is 24.3 Å². The summed E-state index contributed by atoms with van der Waals surface area (Å²) in [5, 5.41) is 2.82. The minimum Gasteiger partial charge on any atom is -0.406 e. The number of anilines is 1. The number of ether oxygens (including phenoxy) is 1. The van der Waals surface area contributed by atoms with Crippen LogP contribution in [0.2, 0.25) is 0 Å². The maximum Gasteiger partial charge on any atom is 0.573 e. The van der Waals surface area contributed by atoms with Crippen LogP contribution in [0.5, 0.6) is 5.75 Å². The first-order valence-electron chi connectivity index (χ1n) is 9.11. The predicted octanol–water partition coefficient (Wildman–Crippen LogP) is 4.81. The molecule has 1 aromatic heterocycles. The molecule has 5 nitrogen and oxygen atoms in total. The van der Waals surface area contributed by atoms with Crippen LogP contribution in [0.1, 0.15) is 29.4 Å². The molecule has 1 amide bonds. The van der Waals surface area contributed by atoms with Gasteiger partial charge < -0.3 is 10.1 Å². The molecule has 3 aromatic rings. The van der Waals surface area contributed by atoms with E-state index in [4.69, 9.17) is 0 Å². The second-order valence-corrected chi connectivity index (χ2v) is 6.77. The summed E-state index contributed by atoms with van der Waals surface area (Å²) < 4.78 is 42.1. The van der Waals surface area contributed by atoms with Gasteiger partial charge in [-0.25, -0.2) is 0 Å². The monoisotopic (exact) mass is 412 g/mol. The molecule has 1 aliphatic heterocycles. The molecule has 2 heterocycles. The van der Waals surface area contributed by atoms with Gasteiger partial charge in [0.25, 0.3) is 0 Å². The number of Topliss-reactive ketones (excluding diaryl/α,β-unsaturated/α-hetero) is 1. The number of hydrogen-bond donors (Lipinski definition) is 1. The number of hydrogen-bond acceptors (Lipinski definition) is 3. The molecule has 0 saturated carbocycles. The van der Waals surface area contributed by atoms with Crippen LogP contribution in [0.3, 0.4) is 0 Å². The van der Waals surface area contributed by atoms with Gasteiger partial charge in [0, 0.05) is 24.4 Å². The minimum atomic E-state index is -4.73. The molecule has 1 atom stereocenters. The zero-order valence-corrected chi connectivity index (χ0v) is 15.5. The Labute approximate surface area is 170 Å². The zero-order valence-electron chi connectivity index (χ0n) is 15.5. The normalized spacial score (nSPS) is 15.8. The minimum absolute atomic E-state index is 0.0347. The van der Waals surface area contributed by atoms with E-state index in [1.165, 1.54) is 34.9 Å². The molecule has 8 heteroatoms. The molecule has 2 aromatic carbocycles. The number of alkyl halides is 3. The van der Waals surface area contributed by atoms with E-state index < -0.39 is 12.4 Å². The molecule has 0 spiro atoms. The van der Waals surface area contributed by atoms with Crippen LogP contribution in [0.15, 0.2) is 54.6 Å². The number of rotatable bonds is 4. The molecule has 0 fully saturated rings. The van der Waals surface area contributed by atoms with Crippen molar-refractivity contribution in [2.24, 2.45) is 0 Å². The Morgan fingerprint density at radius 3 is 2.33 bits per heavy atom. The third kappa shape index (κ3) is 4.15. The zero-order chi connectivity index (χ0) is 21.3. The lowest BCUT2D eigenvalue weighted by molar-refractivity contribution is -0.274. The van der Waals surface area contributed by atoms with Crippen LogP contribution in [-0.2, 0) is 4.79 Å². The van der Waals surface area contributed by atoms with Crippen LogP contribution in [0.25, 0.3) is 11.1 Å². The summed E-state index contributed by atoms with van der Waals surface area (Å²) in [4.78, 5) is 24.5. The number of halogens is 3. The third-order valence-electron chi connectivity index (χ3n) is 4.77. The van der Waals surface area contributed by atoms with Gasteiger partial charge in [0.05, 0.1) is 0 Å². The van der Waals surface area contributed by atoms with Crippen molar-refractivity contribution in [3.05, 3.63) is 72.6 Å². The van der Waals surface area contributed by atoms with E-state index in [0.29, 0.717) is 23.4 Å². The van der Waals surface area contributed by atoms with Crippen molar-refractivity contribution in [2.45, 2.75) is 25.2 Å². The molecule has 1 unspecified atom stereocenters. The van der Waals surface area contributed by atoms with Crippen LogP contribution in [0.4, 0.5) is 18.9 Å². The number of benzene rings is 2. The molecule has 1 aliphatic rings. The summed E-state index contributed by atoms with van der Waals surface area (Å²) in [5.41, 5.74) is 2.46. The highest BCUT2D eigenvalue weighted by atomic mass is 19.4. The SMILES string of the molecule is O=C1CCC(C(=O)Nc2ccc(-c3ccc(OC(F)(F)F)cc3)cc2)n2c#ccc21. The van der Waals surface area contributed by atoms with Crippen molar-refractivity contribution in [1.29, 1.82) is 0 Å². The first-order chi connectivity index (χ1) is 14.3. The Morgan fingerprint density at radius 1 is 1.07 bits per heavy atom. The highest BCUT2D eigenvalue weighted by Gasteiger charge is 2.31. The number of aromatic nitrogens is 1. The summed E-state index contributed by atoms with van der Waals surface area (Å²) in [6.45, 7) is 0. The Kier molecular flexibility index (Phi) is 4.96. The number of nitrogens with one attached hydrogen (secondary N) is 1. The van der Waals surface area contributed by atoms with E-state index in [2.05, 4.69) is 22.3 Å².